The molecule has 0 unspecified atom stereocenters. The number of thioether (sulfide) groups is 1. The van der Waals surface area contributed by atoms with Gasteiger partial charge in [-0.05, 0) is 36.7 Å². The van der Waals surface area contributed by atoms with Gasteiger partial charge in [-0.3, -0.25) is 14.2 Å². The van der Waals surface area contributed by atoms with E-state index in [-0.39, 0.29) is 16.5 Å². The molecule has 1 aromatic carbocycles. The van der Waals surface area contributed by atoms with Crippen LogP contribution >= 0.6 is 23.1 Å². The molecule has 0 spiro atoms. The minimum Gasteiger partial charge on any atom is -0.481 e. The van der Waals surface area contributed by atoms with Gasteiger partial charge < -0.3 is 10.4 Å². The van der Waals surface area contributed by atoms with Gasteiger partial charge in [-0.1, -0.05) is 17.8 Å². The molecule has 0 bridgehead atoms. The summed E-state index contributed by atoms with van der Waals surface area (Å²) in [7, 11) is 0. The highest BCUT2D eigenvalue weighted by Crippen LogP contribution is 2.32. The van der Waals surface area contributed by atoms with Crippen molar-refractivity contribution in [1.82, 2.24) is 14.9 Å². The van der Waals surface area contributed by atoms with Crippen LogP contribution in [0.5, 0.6) is 0 Å². The molecule has 0 atom stereocenters. The molecule has 1 aliphatic heterocycles. The van der Waals surface area contributed by atoms with Crippen molar-refractivity contribution in [2.24, 2.45) is 0 Å². The summed E-state index contributed by atoms with van der Waals surface area (Å²) >= 11 is 2.40. The average molecular weight is 391 g/mol. The minimum absolute atomic E-state index is 0.236. The maximum absolute atomic E-state index is 13.7. The number of hydrogen-bond donors (Lipinski definition) is 2. The topological polar surface area (TPSA) is 84.2 Å². The van der Waals surface area contributed by atoms with Gasteiger partial charge in [0.1, 0.15) is 10.6 Å². The molecule has 1 aliphatic rings. The number of fused-ring (bicyclic) bond motifs is 3. The highest BCUT2D eigenvalue weighted by Gasteiger charge is 2.23. The predicted octanol–water partition coefficient (Wildman–Crippen LogP) is 2.41. The average Bonchev–Trinajstić information content (AvgIpc) is 2.98. The molecule has 134 valence electrons. The molecule has 2 aromatic heterocycles. The predicted molar refractivity (Wildman–Crippen MR) is 98.9 cm³/mol. The number of carboxylic acids is 1. The van der Waals surface area contributed by atoms with Gasteiger partial charge in [0.25, 0.3) is 5.56 Å². The third kappa shape index (κ3) is 3.02. The Morgan fingerprint density at radius 3 is 3.08 bits per heavy atom. The molecule has 0 radical (unpaired) electrons. The zero-order chi connectivity index (χ0) is 18.3. The maximum atomic E-state index is 13.7. The SMILES string of the molecule is O=C(O)CSc1nc2sc3c(c2c(=O)n1-c1cccc(F)c1)CCNC3. The summed E-state index contributed by atoms with van der Waals surface area (Å²) in [4.78, 5) is 30.5. The number of rotatable bonds is 4. The van der Waals surface area contributed by atoms with Crippen molar-refractivity contribution < 1.29 is 14.3 Å². The van der Waals surface area contributed by atoms with Crippen LogP contribution in [-0.4, -0.2) is 32.9 Å². The largest absolute Gasteiger partial charge is 0.481 e. The molecular formula is C17H14FN3O3S2. The number of benzene rings is 1. The summed E-state index contributed by atoms with van der Waals surface area (Å²) < 4.78 is 15.0. The second-order valence-corrected chi connectivity index (χ2v) is 7.83. The van der Waals surface area contributed by atoms with Crippen molar-refractivity contribution >= 4 is 39.3 Å². The van der Waals surface area contributed by atoms with Gasteiger partial charge in [-0.15, -0.1) is 11.3 Å². The number of halogens is 1. The Balaban J connectivity index is 1.99. The number of carboxylic acid groups (broad SMARTS) is 1. The molecule has 3 heterocycles. The smallest absolute Gasteiger partial charge is 0.313 e. The molecule has 6 nitrogen and oxygen atoms in total. The summed E-state index contributed by atoms with van der Waals surface area (Å²) in [6.45, 7) is 1.47. The molecule has 26 heavy (non-hydrogen) atoms. The van der Waals surface area contributed by atoms with Crippen molar-refractivity contribution in [2.45, 2.75) is 18.1 Å². The van der Waals surface area contributed by atoms with Crippen molar-refractivity contribution in [3.05, 3.63) is 50.9 Å². The summed E-state index contributed by atoms with van der Waals surface area (Å²) in [5, 5.41) is 13.1. The van der Waals surface area contributed by atoms with Crippen LogP contribution in [-0.2, 0) is 17.8 Å². The second-order valence-electron chi connectivity index (χ2n) is 5.81. The number of thiophene rings is 1. The number of nitrogens with one attached hydrogen (secondary N) is 1. The number of carbonyl (C=O) groups is 1. The van der Waals surface area contributed by atoms with E-state index in [2.05, 4.69) is 10.3 Å². The molecule has 9 heteroatoms. The molecule has 0 fully saturated rings. The zero-order valence-electron chi connectivity index (χ0n) is 13.5. The molecule has 2 N–H and O–H groups in total. The van der Waals surface area contributed by atoms with Gasteiger partial charge in [0.05, 0.1) is 16.8 Å². The number of nitrogens with zero attached hydrogens (tertiary/aromatic N) is 2. The zero-order valence-corrected chi connectivity index (χ0v) is 15.1. The number of hydrogen-bond acceptors (Lipinski definition) is 6. The third-order valence-electron chi connectivity index (χ3n) is 4.11. The van der Waals surface area contributed by atoms with E-state index in [4.69, 9.17) is 5.11 Å². The van der Waals surface area contributed by atoms with Gasteiger partial charge in [-0.25, -0.2) is 9.37 Å². The Morgan fingerprint density at radius 2 is 2.31 bits per heavy atom. The van der Waals surface area contributed by atoms with Gasteiger partial charge in [0.15, 0.2) is 5.16 Å². The van der Waals surface area contributed by atoms with E-state index >= 15 is 0 Å². The van der Waals surface area contributed by atoms with Crippen LogP contribution in [0.25, 0.3) is 15.9 Å². The lowest BCUT2D eigenvalue weighted by atomic mass is 10.1. The highest BCUT2D eigenvalue weighted by atomic mass is 32.2. The molecule has 0 saturated carbocycles. The first-order valence-corrected chi connectivity index (χ1v) is 9.73. The first kappa shape index (κ1) is 17.2. The van der Waals surface area contributed by atoms with Gasteiger partial charge >= 0.3 is 5.97 Å². The van der Waals surface area contributed by atoms with Crippen molar-refractivity contribution in [3.8, 4) is 5.69 Å². The van der Waals surface area contributed by atoms with Crippen molar-refractivity contribution in [2.75, 3.05) is 12.3 Å². The summed E-state index contributed by atoms with van der Waals surface area (Å²) in [5.74, 6) is -1.72. The van der Waals surface area contributed by atoms with E-state index in [0.29, 0.717) is 22.4 Å². The molecular weight excluding hydrogens is 377 g/mol. The van der Waals surface area contributed by atoms with Crippen LogP contribution < -0.4 is 10.9 Å². The molecule has 4 rings (SSSR count). The Kier molecular flexibility index (Phi) is 4.51. The van der Waals surface area contributed by atoms with Gasteiger partial charge in [-0.2, -0.15) is 0 Å². The van der Waals surface area contributed by atoms with E-state index in [0.717, 1.165) is 35.2 Å². The highest BCUT2D eigenvalue weighted by molar-refractivity contribution is 7.99. The second kappa shape index (κ2) is 6.82. The Labute approximate surface area is 155 Å². The Hall–Kier alpha value is -2.23. The van der Waals surface area contributed by atoms with Crippen molar-refractivity contribution in [3.63, 3.8) is 0 Å². The standard InChI is InChI=1S/C17H14FN3O3S2/c18-9-2-1-3-10(6-9)21-16(24)14-11-4-5-19-7-12(11)26-15(14)20-17(21)25-8-13(22)23/h1-3,6,19H,4-5,7-8H2,(H,22,23). The van der Waals surface area contributed by atoms with E-state index in [9.17, 15) is 14.0 Å². The quantitative estimate of drug-likeness (QED) is 0.525. The molecule has 0 aliphatic carbocycles. The third-order valence-corrected chi connectivity index (χ3v) is 6.16. The number of aliphatic carboxylic acids is 1. The van der Waals surface area contributed by atoms with Crippen LogP contribution in [0.15, 0.2) is 34.2 Å². The van der Waals surface area contributed by atoms with Crippen LogP contribution in [0.2, 0.25) is 0 Å². The first-order chi connectivity index (χ1) is 12.5. The Bertz CT molecular complexity index is 1080. The van der Waals surface area contributed by atoms with Crippen LogP contribution in [0.3, 0.4) is 0 Å². The van der Waals surface area contributed by atoms with Gasteiger partial charge in [0, 0.05) is 11.4 Å². The summed E-state index contributed by atoms with van der Waals surface area (Å²) in [6, 6.07) is 5.67. The Morgan fingerprint density at radius 1 is 1.46 bits per heavy atom. The van der Waals surface area contributed by atoms with Crippen LogP contribution in [0.1, 0.15) is 10.4 Å². The lowest BCUT2D eigenvalue weighted by Gasteiger charge is -2.14. The van der Waals surface area contributed by atoms with E-state index in [1.807, 2.05) is 0 Å². The van der Waals surface area contributed by atoms with E-state index in [1.165, 1.54) is 34.1 Å². The monoisotopic (exact) mass is 391 g/mol. The normalized spacial score (nSPS) is 13.7. The summed E-state index contributed by atoms with van der Waals surface area (Å²) in [5.41, 5.74) is 1.04. The molecule has 0 saturated heterocycles. The molecule has 3 aromatic rings. The van der Waals surface area contributed by atoms with Crippen molar-refractivity contribution in [1.29, 1.82) is 0 Å². The van der Waals surface area contributed by atoms with Crippen LogP contribution in [0.4, 0.5) is 4.39 Å². The van der Waals surface area contributed by atoms with Crippen LogP contribution in [0, 0.1) is 5.82 Å². The maximum Gasteiger partial charge on any atom is 0.313 e. The lowest BCUT2D eigenvalue weighted by Crippen LogP contribution is -2.25. The molecule has 0 amide bonds. The van der Waals surface area contributed by atoms with E-state index < -0.39 is 11.8 Å². The fourth-order valence-corrected chi connectivity index (χ4v) is 4.98. The summed E-state index contributed by atoms with van der Waals surface area (Å²) in [6.07, 6.45) is 0.733. The fraction of sp³-hybridized carbons (Fsp3) is 0.235. The first-order valence-electron chi connectivity index (χ1n) is 7.93. The van der Waals surface area contributed by atoms with Gasteiger partial charge in [0.2, 0.25) is 0 Å². The number of aromatic nitrogens is 2. The minimum atomic E-state index is -1.01. The lowest BCUT2D eigenvalue weighted by molar-refractivity contribution is -0.133. The fourth-order valence-electron chi connectivity index (χ4n) is 3.02. The van der Waals surface area contributed by atoms with E-state index in [1.54, 1.807) is 6.07 Å².